The van der Waals surface area contributed by atoms with Crippen LogP contribution < -0.4 is 5.73 Å². The van der Waals surface area contributed by atoms with Crippen molar-refractivity contribution in [3.05, 3.63) is 29.8 Å². The van der Waals surface area contributed by atoms with Gasteiger partial charge >= 0.3 is 0 Å². The predicted molar refractivity (Wildman–Crippen MR) is 73.7 cm³/mol. The second-order valence-corrected chi connectivity index (χ2v) is 5.50. The third kappa shape index (κ3) is 3.74. The molecule has 2 rings (SSSR count). The van der Waals surface area contributed by atoms with Gasteiger partial charge in [0.1, 0.15) is 0 Å². The molecule has 0 bridgehead atoms. The van der Waals surface area contributed by atoms with Crippen LogP contribution in [0.1, 0.15) is 38.7 Å². The molecule has 2 heteroatoms. The standard InChI is InChI=1S/C15H24N2/c1-12(2)17(10-9-13-7-8-13)11-14-5-3-4-6-15(14)16/h3-6,12-13H,7-11,16H2,1-2H3. The first-order chi connectivity index (χ1) is 8.16. The molecule has 0 radical (unpaired) electrons. The minimum atomic E-state index is 0.591. The molecule has 2 nitrogen and oxygen atoms in total. The zero-order valence-corrected chi connectivity index (χ0v) is 11.0. The second-order valence-electron chi connectivity index (χ2n) is 5.50. The zero-order chi connectivity index (χ0) is 12.3. The summed E-state index contributed by atoms with van der Waals surface area (Å²) in [5.74, 6) is 1.00. The van der Waals surface area contributed by atoms with Gasteiger partial charge in [0.2, 0.25) is 0 Å². The number of para-hydroxylation sites is 1. The Morgan fingerprint density at radius 2 is 2.00 bits per heavy atom. The number of nitrogens with zero attached hydrogens (tertiary/aromatic N) is 1. The van der Waals surface area contributed by atoms with E-state index in [1.54, 1.807) is 0 Å². The van der Waals surface area contributed by atoms with Crippen molar-refractivity contribution < 1.29 is 0 Å². The van der Waals surface area contributed by atoms with Crippen LogP contribution in [0, 0.1) is 5.92 Å². The smallest absolute Gasteiger partial charge is 0.0359 e. The highest BCUT2D eigenvalue weighted by Crippen LogP contribution is 2.32. The Labute approximate surface area is 105 Å². The van der Waals surface area contributed by atoms with Crippen molar-refractivity contribution >= 4 is 5.69 Å². The summed E-state index contributed by atoms with van der Waals surface area (Å²) in [6.07, 6.45) is 4.24. The topological polar surface area (TPSA) is 29.3 Å². The van der Waals surface area contributed by atoms with Crippen LogP contribution >= 0.6 is 0 Å². The largest absolute Gasteiger partial charge is 0.398 e. The number of rotatable bonds is 6. The van der Waals surface area contributed by atoms with E-state index in [0.717, 1.165) is 18.2 Å². The summed E-state index contributed by atoms with van der Waals surface area (Å²) in [5, 5.41) is 0. The summed E-state index contributed by atoms with van der Waals surface area (Å²) in [6.45, 7) is 6.73. The van der Waals surface area contributed by atoms with Gasteiger partial charge in [0.15, 0.2) is 0 Å². The first-order valence-electron chi connectivity index (χ1n) is 6.74. The van der Waals surface area contributed by atoms with Crippen LogP contribution in [0.3, 0.4) is 0 Å². The Hall–Kier alpha value is -1.02. The number of hydrogen-bond donors (Lipinski definition) is 1. The van der Waals surface area contributed by atoms with E-state index in [-0.39, 0.29) is 0 Å². The quantitative estimate of drug-likeness (QED) is 0.763. The Balaban J connectivity index is 1.93. The molecule has 1 saturated carbocycles. The lowest BCUT2D eigenvalue weighted by Crippen LogP contribution is -2.31. The summed E-state index contributed by atoms with van der Waals surface area (Å²) in [5.41, 5.74) is 8.19. The normalized spacial score (nSPS) is 15.8. The molecule has 0 heterocycles. The van der Waals surface area contributed by atoms with Gasteiger partial charge in [-0.15, -0.1) is 0 Å². The van der Waals surface area contributed by atoms with E-state index in [0.29, 0.717) is 6.04 Å². The van der Waals surface area contributed by atoms with Crippen LogP contribution in [0.25, 0.3) is 0 Å². The van der Waals surface area contributed by atoms with Crippen LogP contribution in [0.2, 0.25) is 0 Å². The Kier molecular flexibility index (Phi) is 4.06. The van der Waals surface area contributed by atoms with Crippen molar-refractivity contribution in [3.63, 3.8) is 0 Å². The van der Waals surface area contributed by atoms with E-state index >= 15 is 0 Å². The maximum Gasteiger partial charge on any atom is 0.0359 e. The monoisotopic (exact) mass is 232 g/mol. The highest BCUT2D eigenvalue weighted by atomic mass is 15.1. The molecule has 0 atom stereocenters. The van der Waals surface area contributed by atoms with E-state index in [2.05, 4.69) is 30.9 Å². The third-order valence-corrected chi connectivity index (χ3v) is 3.68. The molecule has 1 fully saturated rings. The van der Waals surface area contributed by atoms with Crippen molar-refractivity contribution in [2.45, 2.75) is 45.7 Å². The average molecular weight is 232 g/mol. The third-order valence-electron chi connectivity index (χ3n) is 3.68. The fourth-order valence-electron chi connectivity index (χ4n) is 2.17. The summed E-state index contributed by atoms with van der Waals surface area (Å²) in [4.78, 5) is 2.53. The van der Waals surface area contributed by atoms with Crippen molar-refractivity contribution in [2.24, 2.45) is 5.92 Å². The van der Waals surface area contributed by atoms with E-state index in [9.17, 15) is 0 Å². The molecule has 0 aromatic heterocycles. The second kappa shape index (κ2) is 5.54. The minimum Gasteiger partial charge on any atom is -0.398 e. The first kappa shape index (κ1) is 12.4. The molecule has 1 aromatic rings. The van der Waals surface area contributed by atoms with E-state index < -0.39 is 0 Å². The van der Waals surface area contributed by atoms with Crippen molar-refractivity contribution in [2.75, 3.05) is 12.3 Å². The lowest BCUT2D eigenvalue weighted by atomic mass is 10.1. The molecular formula is C15H24N2. The number of hydrogen-bond acceptors (Lipinski definition) is 2. The zero-order valence-electron chi connectivity index (χ0n) is 11.0. The Morgan fingerprint density at radius 3 is 2.59 bits per heavy atom. The van der Waals surface area contributed by atoms with E-state index in [4.69, 9.17) is 5.73 Å². The molecule has 1 aliphatic rings. The summed E-state index contributed by atoms with van der Waals surface area (Å²) in [6, 6.07) is 8.80. The number of benzene rings is 1. The van der Waals surface area contributed by atoms with Crippen LogP contribution in [0.15, 0.2) is 24.3 Å². The van der Waals surface area contributed by atoms with Crippen LogP contribution in [-0.2, 0) is 6.54 Å². The summed E-state index contributed by atoms with van der Waals surface area (Å²) >= 11 is 0. The molecule has 17 heavy (non-hydrogen) atoms. The maximum absolute atomic E-state index is 6.01. The summed E-state index contributed by atoms with van der Waals surface area (Å²) < 4.78 is 0. The molecule has 1 aliphatic carbocycles. The van der Waals surface area contributed by atoms with Gasteiger partial charge < -0.3 is 5.73 Å². The fourth-order valence-corrected chi connectivity index (χ4v) is 2.17. The fraction of sp³-hybridized carbons (Fsp3) is 0.600. The van der Waals surface area contributed by atoms with Gasteiger partial charge in [0.05, 0.1) is 0 Å². The van der Waals surface area contributed by atoms with Crippen LogP contribution in [-0.4, -0.2) is 17.5 Å². The first-order valence-corrected chi connectivity index (χ1v) is 6.74. The van der Waals surface area contributed by atoms with Gasteiger partial charge in [-0.1, -0.05) is 31.0 Å². The highest BCUT2D eigenvalue weighted by molar-refractivity contribution is 5.46. The predicted octanol–water partition coefficient (Wildman–Crippen LogP) is 3.28. The molecule has 0 spiro atoms. The van der Waals surface area contributed by atoms with Gasteiger partial charge in [-0.3, -0.25) is 4.90 Å². The lowest BCUT2D eigenvalue weighted by molar-refractivity contribution is 0.207. The number of nitrogen functional groups attached to an aromatic ring is 1. The minimum absolute atomic E-state index is 0.591. The van der Waals surface area contributed by atoms with Gasteiger partial charge in [-0.2, -0.15) is 0 Å². The van der Waals surface area contributed by atoms with Gasteiger partial charge in [0.25, 0.3) is 0 Å². The van der Waals surface area contributed by atoms with E-state index in [1.807, 2.05) is 12.1 Å². The molecule has 1 aromatic carbocycles. The van der Waals surface area contributed by atoms with Crippen molar-refractivity contribution in [1.29, 1.82) is 0 Å². The molecule has 0 unspecified atom stereocenters. The molecular weight excluding hydrogens is 208 g/mol. The molecule has 0 aliphatic heterocycles. The van der Waals surface area contributed by atoms with E-state index in [1.165, 1.54) is 31.4 Å². The Morgan fingerprint density at radius 1 is 1.29 bits per heavy atom. The average Bonchev–Trinajstić information content (AvgIpc) is 3.10. The molecule has 0 amide bonds. The number of nitrogens with two attached hydrogens (primary N) is 1. The summed E-state index contributed by atoms with van der Waals surface area (Å²) in [7, 11) is 0. The van der Waals surface area contributed by atoms with Gasteiger partial charge in [-0.25, -0.2) is 0 Å². The van der Waals surface area contributed by atoms with Gasteiger partial charge in [-0.05, 0) is 44.4 Å². The van der Waals surface area contributed by atoms with Gasteiger partial charge in [0, 0.05) is 18.3 Å². The van der Waals surface area contributed by atoms with Crippen molar-refractivity contribution in [3.8, 4) is 0 Å². The maximum atomic E-state index is 6.01. The number of anilines is 1. The highest BCUT2D eigenvalue weighted by Gasteiger charge is 2.22. The SMILES string of the molecule is CC(C)N(CCC1CC1)Cc1ccccc1N. The van der Waals surface area contributed by atoms with Crippen LogP contribution in [0.4, 0.5) is 5.69 Å². The molecule has 2 N–H and O–H groups in total. The van der Waals surface area contributed by atoms with Crippen molar-refractivity contribution in [1.82, 2.24) is 4.90 Å². The lowest BCUT2D eigenvalue weighted by Gasteiger charge is -2.27. The van der Waals surface area contributed by atoms with Crippen LogP contribution in [0.5, 0.6) is 0 Å². The molecule has 94 valence electrons. The molecule has 0 saturated heterocycles. The Bertz CT molecular complexity index is 356.